The van der Waals surface area contributed by atoms with Crippen LogP contribution in [0.5, 0.6) is 5.75 Å². The van der Waals surface area contributed by atoms with Gasteiger partial charge in [0.2, 0.25) is 5.91 Å². The summed E-state index contributed by atoms with van der Waals surface area (Å²) in [5.74, 6) is 1.32. The minimum Gasteiger partial charge on any atom is -0.491 e. The Morgan fingerprint density at radius 3 is 2.83 bits per heavy atom. The molecule has 5 rings (SSSR count). The molecule has 1 saturated carbocycles. The van der Waals surface area contributed by atoms with Crippen LogP contribution in [-0.4, -0.2) is 60.2 Å². The number of morpholine rings is 1. The molecule has 1 aliphatic carbocycles. The van der Waals surface area contributed by atoms with Gasteiger partial charge in [-0.1, -0.05) is 17.7 Å². The van der Waals surface area contributed by atoms with E-state index in [1.165, 1.54) is 31.3 Å². The molecular formula is C26H27ClFN5O3. The highest BCUT2D eigenvalue weighted by Gasteiger charge is 2.23. The van der Waals surface area contributed by atoms with Crippen LogP contribution < -0.4 is 15.4 Å². The second-order valence-electron chi connectivity index (χ2n) is 8.82. The average molecular weight is 512 g/mol. The zero-order valence-electron chi connectivity index (χ0n) is 19.7. The van der Waals surface area contributed by atoms with Gasteiger partial charge in [-0.2, -0.15) is 0 Å². The molecule has 0 spiro atoms. The van der Waals surface area contributed by atoms with Crippen LogP contribution in [0.2, 0.25) is 5.02 Å². The van der Waals surface area contributed by atoms with E-state index in [0.29, 0.717) is 68.1 Å². The highest BCUT2D eigenvalue weighted by atomic mass is 35.5. The van der Waals surface area contributed by atoms with Crippen molar-refractivity contribution in [1.82, 2.24) is 14.9 Å². The van der Waals surface area contributed by atoms with Gasteiger partial charge < -0.3 is 25.0 Å². The van der Waals surface area contributed by atoms with E-state index in [4.69, 9.17) is 21.1 Å². The van der Waals surface area contributed by atoms with E-state index in [9.17, 15) is 9.18 Å². The molecule has 1 aliphatic heterocycles. The van der Waals surface area contributed by atoms with Crippen LogP contribution in [0.25, 0.3) is 10.9 Å². The highest BCUT2D eigenvalue weighted by molar-refractivity contribution is 6.31. The first kappa shape index (κ1) is 24.3. The lowest BCUT2D eigenvalue weighted by atomic mass is 10.1. The Labute approximate surface area is 213 Å². The van der Waals surface area contributed by atoms with Crippen molar-refractivity contribution in [2.75, 3.05) is 50.1 Å². The lowest BCUT2D eigenvalue weighted by molar-refractivity contribution is -0.129. The molecule has 0 atom stereocenters. The molecule has 0 unspecified atom stereocenters. The first-order chi connectivity index (χ1) is 17.6. The summed E-state index contributed by atoms with van der Waals surface area (Å²) in [5, 5.41) is 7.33. The number of hydrogen-bond acceptors (Lipinski definition) is 7. The molecule has 1 saturated heterocycles. The fourth-order valence-corrected chi connectivity index (χ4v) is 4.04. The second-order valence-corrected chi connectivity index (χ2v) is 9.22. The first-order valence-electron chi connectivity index (χ1n) is 12.0. The molecule has 10 heteroatoms. The highest BCUT2D eigenvalue weighted by Crippen LogP contribution is 2.36. The Hall–Kier alpha value is -3.43. The normalized spacial score (nSPS) is 15.9. The summed E-state index contributed by atoms with van der Waals surface area (Å²) in [6, 6.07) is 8.20. The number of benzene rings is 2. The van der Waals surface area contributed by atoms with Gasteiger partial charge in [0.25, 0.3) is 0 Å². The number of amides is 1. The Bertz CT molecular complexity index is 1280. The molecule has 1 amide bonds. The zero-order valence-corrected chi connectivity index (χ0v) is 20.4. The third-order valence-corrected chi connectivity index (χ3v) is 6.37. The molecule has 36 heavy (non-hydrogen) atoms. The molecule has 2 aliphatic rings. The van der Waals surface area contributed by atoms with Crippen LogP contribution in [0, 0.1) is 11.7 Å². The van der Waals surface area contributed by atoms with Gasteiger partial charge in [-0.15, -0.1) is 0 Å². The molecule has 0 radical (unpaired) electrons. The molecule has 188 valence electrons. The van der Waals surface area contributed by atoms with Crippen LogP contribution in [0.15, 0.2) is 48.8 Å². The van der Waals surface area contributed by atoms with Crippen molar-refractivity contribution < 1.29 is 18.7 Å². The summed E-state index contributed by atoms with van der Waals surface area (Å²) in [4.78, 5) is 22.9. The number of carbonyl (C=O) groups is 1. The van der Waals surface area contributed by atoms with Crippen LogP contribution in [0.1, 0.15) is 12.8 Å². The number of aromatic nitrogens is 2. The van der Waals surface area contributed by atoms with Gasteiger partial charge in [-0.25, -0.2) is 14.4 Å². The summed E-state index contributed by atoms with van der Waals surface area (Å²) in [6.45, 7) is 3.44. The molecule has 2 fully saturated rings. The van der Waals surface area contributed by atoms with Crippen molar-refractivity contribution in [1.29, 1.82) is 0 Å². The van der Waals surface area contributed by atoms with E-state index in [1.54, 1.807) is 23.1 Å². The maximum Gasteiger partial charge on any atom is 0.246 e. The molecule has 3 aromatic rings. The number of halogens is 2. The minimum atomic E-state index is -0.487. The fourth-order valence-electron chi connectivity index (χ4n) is 3.86. The maximum atomic E-state index is 13.6. The third-order valence-electron chi connectivity index (χ3n) is 6.08. The third kappa shape index (κ3) is 6.03. The van der Waals surface area contributed by atoms with Crippen LogP contribution >= 0.6 is 11.6 Å². The van der Waals surface area contributed by atoms with Gasteiger partial charge in [0.15, 0.2) is 0 Å². The molecular weight excluding hydrogens is 485 g/mol. The summed E-state index contributed by atoms with van der Waals surface area (Å²) >= 11 is 5.94. The molecule has 0 bridgehead atoms. The number of ether oxygens (including phenoxy) is 2. The molecule has 2 N–H and O–H groups in total. The number of rotatable bonds is 9. The standard InChI is InChI=1S/C26H27ClFN5O3/c27-20-12-18(5-6-21(20)28)32-26-19-13-23(29-7-1-2-25(34)33-8-10-35-11-9-33)24(36-15-17-3-4-17)14-22(19)30-16-31-26/h1-2,5-6,12-14,16-17,29H,3-4,7-11,15H2,(H,30,31,32). The smallest absolute Gasteiger partial charge is 0.246 e. The number of nitrogens with one attached hydrogen (secondary N) is 2. The van der Waals surface area contributed by atoms with E-state index >= 15 is 0 Å². The number of nitrogens with zero attached hydrogens (tertiary/aromatic N) is 3. The first-order valence-corrected chi connectivity index (χ1v) is 12.4. The monoisotopic (exact) mass is 511 g/mol. The van der Waals surface area contributed by atoms with Crippen LogP contribution in [-0.2, 0) is 9.53 Å². The summed E-state index contributed by atoms with van der Waals surface area (Å²) < 4.78 is 25.0. The van der Waals surface area contributed by atoms with E-state index in [2.05, 4.69) is 20.6 Å². The van der Waals surface area contributed by atoms with Gasteiger partial charge >= 0.3 is 0 Å². The maximum absolute atomic E-state index is 13.6. The van der Waals surface area contributed by atoms with Gasteiger partial charge in [0, 0.05) is 42.9 Å². The van der Waals surface area contributed by atoms with Crippen LogP contribution in [0.3, 0.4) is 0 Å². The molecule has 2 aromatic carbocycles. The number of hydrogen-bond donors (Lipinski definition) is 2. The summed E-state index contributed by atoms with van der Waals surface area (Å²) in [5.41, 5.74) is 2.08. The summed E-state index contributed by atoms with van der Waals surface area (Å²) in [6.07, 6.45) is 7.21. The quantitative estimate of drug-likeness (QED) is 0.400. The van der Waals surface area contributed by atoms with Crippen molar-refractivity contribution in [3.05, 3.63) is 59.7 Å². The summed E-state index contributed by atoms with van der Waals surface area (Å²) in [7, 11) is 0. The van der Waals surface area contributed by atoms with Crippen molar-refractivity contribution in [2.45, 2.75) is 12.8 Å². The Balaban J connectivity index is 1.36. The lowest BCUT2D eigenvalue weighted by Crippen LogP contribution is -2.39. The van der Waals surface area contributed by atoms with E-state index in [-0.39, 0.29) is 10.9 Å². The number of anilines is 3. The Morgan fingerprint density at radius 2 is 2.06 bits per heavy atom. The van der Waals surface area contributed by atoms with Crippen molar-refractivity contribution >= 4 is 45.6 Å². The molecule has 8 nitrogen and oxygen atoms in total. The lowest BCUT2D eigenvalue weighted by Gasteiger charge is -2.25. The van der Waals surface area contributed by atoms with E-state index in [0.717, 1.165) is 11.1 Å². The van der Waals surface area contributed by atoms with Gasteiger partial charge in [0.05, 0.1) is 36.0 Å². The fraction of sp³-hybridized carbons (Fsp3) is 0.346. The SMILES string of the molecule is O=C(C=CCNc1cc2c(Nc3ccc(F)c(Cl)c3)ncnc2cc1OCC1CC1)N1CCOCC1. The number of carbonyl (C=O) groups excluding carboxylic acids is 1. The van der Waals surface area contributed by atoms with Crippen molar-refractivity contribution in [3.8, 4) is 5.75 Å². The van der Waals surface area contributed by atoms with Gasteiger partial charge in [0.1, 0.15) is 23.7 Å². The largest absolute Gasteiger partial charge is 0.491 e. The zero-order chi connectivity index (χ0) is 24.9. The van der Waals surface area contributed by atoms with Crippen LogP contribution in [0.4, 0.5) is 21.6 Å². The van der Waals surface area contributed by atoms with Gasteiger partial charge in [-0.05, 0) is 43.0 Å². The Morgan fingerprint density at radius 1 is 1.22 bits per heavy atom. The van der Waals surface area contributed by atoms with Gasteiger partial charge in [-0.3, -0.25) is 4.79 Å². The van der Waals surface area contributed by atoms with E-state index in [1.807, 2.05) is 12.1 Å². The Kier molecular flexibility index (Phi) is 7.48. The molecule has 2 heterocycles. The predicted octanol–water partition coefficient (Wildman–Crippen LogP) is 4.78. The number of fused-ring (bicyclic) bond motifs is 1. The van der Waals surface area contributed by atoms with Crippen molar-refractivity contribution in [2.24, 2.45) is 5.92 Å². The minimum absolute atomic E-state index is 0.0230. The second kappa shape index (κ2) is 11.1. The average Bonchev–Trinajstić information content (AvgIpc) is 3.73. The van der Waals surface area contributed by atoms with Crippen molar-refractivity contribution in [3.63, 3.8) is 0 Å². The topological polar surface area (TPSA) is 88.6 Å². The van der Waals surface area contributed by atoms with E-state index < -0.39 is 5.82 Å². The predicted molar refractivity (Wildman–Crippen MR) is 137 cm³/mol. The molecule has 1 aromatic heterocycles.